The minimum Gasteiger partial charge on any atom is -0.244 e. The molecular weight excluding hydrogens is 158 g/mol. The topological polar surface area (TPSA) is 17.1 Å². The van der Waals surface area contributed by atoms with Crippen LogP contribution in [0.4, 0.5) is 8.78 Å². The van der Waals surface area contributed by atoms with Crippen molar-refractivity contribution in [2.24, 2.45) is 0 Å². The van der Waals surface area contributed by atoms with Gasteiger partial charge in [0.15, 0.2) is 10.3 Å². The van der Waals surface area contributed by atoms with Gasteiger partial charge in [-0.25, -0.2) is 4.21 Å². The number of hydrogen-bond acceptors (Lipinski definition) is 1. The van der Waals surface area contributed by atoms with Crippen molar-refractivity contribution in [3.05, 3.63) is 22.5 Å². The van der Waals surface area contributed by atoms with Crippen LogP contribution in [0.25, 0.3) is 0 Å². The molecule has 0 unspecified atom stereocenters. The largest absolute Gasteiger partial charge is 0.244 e. The van der Waals surface area contributed by atoms with Crippen LogP contribution in [0, 0.1) is 0 Å². The summed E-state index contributed by atoms with van der Waals surface area (Å²) in [5, 5.41) is -1.90. The summed E-state index contributed by atoms with van der Waals surface area (Å²) in [5.74, 6) is 0. The minimum atomic E-state index is -2.22. The Morgan fingerprint density at radius 1 is 1.20 bits per heavy atom. The molecule has 58 valence electrons. The van der Waals surface area contributed by atoms with Crippen LogP contribution in [0.15, 0.2) is 22.5 Å². The maximum Gasteiger partial charge on any atom is 0.189 e. The van der Waals surface area contributed by atoms with Crippen LogP contribution in [0.1, 0.15) is 13.8 Å². The summed E-state index contributed by atoms with van der Waals surface area (Å²) in [5.41, 5.74) is 0. The summed E-state index contributed by atoms with van der Waals surface area (Å²) in [7, 11) is -2.22. The molecule has 0 radical (unpaired) electrons. The zero-order chi connectivity index (χ0) is 8.15. The van der Waals surface area contributed by atoms with Gasteiger partial charge in [-0.1, -0.05) is 0 Å². The lowest BCUT2D eigenvalue weighted by Crippen LogP contribution is -1.88. The van der Waals surface area contributed by atoms with Crippen LogP contribution < -0.4 is 0 Å². The number of rotatable bonds is 2. The Morgan fingerprint density at radius 2 is 1.50 bits per heavy atom. The highest BCUT2D eigenvalue weighted by atomic mass is 32.2. The molecule has 0 saturated heterocycles. The second kappa shape index (κ2) is 4.33. The minimum absolute atomic E-state index is 0.949. The SMILES string of the molecule is CC=C(F)S(=O)C(F)=CC. The predicted octanol–water partition coefficient (Wildman–Crippen LogP) is 2.40. The first kappa shape index (κ1) is 9.49. The number of allylic oxidation sites excluding steroid dienone is 2. The Morgan fingerprint density at radius 3 is 1.70 bits per heavy atom. The van der Waals surface area contributed by atoms with Crippen LogP contribution in [-0.2, 0) is 10.8 Å². The molecule has 0 heterocycles. The lowest BCUT2D eigenvalue weighted by molar-refractivity contribution is 0.628. The van der Waals surface area contributed by atoms with Crippen LogP contribution in [-0.4, -0.2) is 4.21 Å². The van der Waals surface area contributed by atoms with Gasteiger partial charge in [0.1, 0.15) is 10.8 Å². The average Bonchev–Trinajstić information content (AvgIpc) is 2.00. The van der Waals surface area contributed by atoms with Crippen LogP contribution in [0.2, 0.25) is 0 Å². The van der Waals surface area contributed by atoms with Gasteiger partial charge in [0.2, 0.25) is 0 Å². The number of halogens is 2. The second-order valence-electron chi connectivity index (χ2n) is 1.45. The molecule has 0 aliphatic heterocycles. The van der Waals surface area contributed by atoms with E-state index in [2.05, 4.69) is 0 Å². The van der Waals surface area contributed by atoms with E-state index in [-0.39, 0.29) is 0 Å². The first-order chi connectivity index (χ1) is 4.63. The Balaban J connectivity index is 4.39. The molecule has 10 heavy (non-hydrogen) atoms. The standard InChI is InChI=1S/C6H8F2OS/c1-3-5(7)10(9)6(8)4-2/h3-4H,1-2H3. The van der Waals surface area contributed by atoms with Crippen molar-refractivity contribution < 1.29 is 13.0 Å². The third-order valence-corrected chi connectivity index (χ3v) is 1.99. The van der Waals surface area contributed by atoms with Gasteiger partial charge in [0, 0.05) is 0 Å². The predicted molar refractivity (Wildman–Crippen MR) is 37.9 cm³/mol. The average molecular weight is 166 g/mol. The summed E-state index contributed by atoms with van der Waals surface area (Å²) in [6.45, 7) is 2.71. The maximum atomic E-state index is 12.2. The van der Waals surface area contributed by atoms with Crippen LogP contribution in [0.3, 0.4) is 0 Å². The smallest absolute Gasteiger partial charge is 0.189 e. The summed E-state index contributed by atoms with van der Waals surface area (Å²) in [6, 6.07) is 0. The summed E-state index contributed by atoms with van der Waals surface area (Å²) in [4.78, 5) is 0. The van der Waals surface area contributed by atoms with E-state index >= 15 is 0 Å². The van der Waals surface area contributed by atoms with E-state index in [1.54, 1.807) is 0 Å². The van der Waals surface area contributed by atoms with Crippen molar-refractivity contribution in [2.45, 2.75) is 13.8 Å². The summed E-state index contributed by atoms with van der Waals surface area (Å²) in [6.07, 6.45) is 1.94. The Kier molecular flexibility index (Phi) is 4.11. The molecule has 0 saturated carbocycles. The fourth-order valence-corrected chi connectivity index (χ4v) is 0.922. The van der Waals surface area contributed by atoms with Crippen molar-refractivity contribution in [1.29, 1.82) is 0 Å². The molecule has 0 aromatic carbocycles. The highest BCUT2D eigenvalue weighted by Gasteiger charge is 2.09. The molecule has 0 aliphatic rings. The fourth-order valence-electron chi connectivity index (χ4n) is 0.307. The monoisotopic (exact) mass is 166 g/mol. The van der Waals surface area contributed by atoms with Gasteiger partial charge in [0.25, 0.3) is 0 Å². The quantitative estimate of drug-likeness (QED) is 0.615. The molecule has 0 N–H and O–H groups in total. The van der Waals surface area contributed by atoms with E-state index < -0.39 is 21.1 Å². The fraction of sp³-hybridized carbons (Fsp3) is 0.333. The normalized spacial score (nSPS) is 17.2. The number of hydrogen-bond donors (Lipinski definition) is 0. The Hall–Kier alpha value is -0.510. The van der Waals surface area contributed by atoms with Gasteiger partial charge in [-0.05, 0) is 26.0 Å². The highest BCUT2D eigenvalue weighted by Crippen LogP contribution is 2.13. The molecule has 0 fully saturated rings. The third kappa shape index (κ3) is 2.39. The van der Waals surface area contributed by atoms with Gasteiger partial charge in [-0.15, -0.1) is 0 Å². The van der Waals surface area contributed by atoms with E-state index in [1.807, 2.05) is 0 Å². The van der Waals surface area contributed by atoms with E-state index in [0.717, 1.165) is 12.2 Å². The van der Waals surface area contributed by atoms with Gasteiger partial charge >= 0.3 is 0 Å². The first-order valence-electron chi connectivity index (χ1n) is 2.68. The van der Waals surface area contributed by atoms with Crippen LogP contribution in [0.5, 0.6) is 0 Å². The molecular formula is C6H8F2OS. The van der Waals surface area contributed by atoms with Gasteiger partial charge in [-0.2, -0.15) is 8.78 Å². The van der Waals surface area contributed by atoms with Crippen molar-refractivity contribution >= 4 is 10.8 Å². The summed E-state index contributed by atoms with van der Waals surface area (Å²) < 4.78 is 35.0. The van der Waals surface area contributed by atoms with Crippen molar-refractivity contribution in [1.82, 2.24) is 0 Å². The van der Waals surface area contributed by atoms with E-state index in [4.69, 9.17) is 0 Å². The second-order valence-corrected chi connectivity index (χ2v) is 2.77. The molecule has 0 bridgehead atoms. The Labute approximate surface area is 60.9 Å². The molecule has 1 nitrogen and oxygen atoms in total. The molecule has 0 atom stereocenters. The zero-order valence-corrected chi connectivity index (χ0v) is 6.54. The highest BCUT2D eigenvalue weighted by molar-refractivity contribution is 7.92. The molecule has 0 aliphatic carbocycles. The van der Waals surface area contributed by atoms with Crippen molar-refractivity contribution in [3.63, 3.8) is 0 Å². The first-order valence-corrected chi connectivity index (χ1v) is 3.83. The summed E-state index contributed by atoms with van der Waals surface area (Å²) >= 11 is 0. The Bertz CT molecular complexity index is 176. The third-order valence-electron chi connectivity index (χ3n) is 0.808. The van der Waals surface area contributed by atoms with Gasteiger partial charge < -0.3 is 0 Å². The molecule has 0 amide bonds. The molecule has 0 aromatic heterocycles. The molecule has 0 spiro atoms. The van der Waals surface area contributed by atoms with E-state index in [1.165, 1.54) is 13.8 Å². The van der Waals surface area contributed by atoms with Crippen molar-refractivity contribution in [3.8, 4) is 0 Å². The lowest BCUT2D eigenvalue weighted by atomic mass is 10.7. The molecule has 0 rings (SSSR count). The van der Waals surface area contributed by atoms with Gasteiger partial charge in [0.05, 0.1) is 0 Å². The van der Waals surface area contributed by atoms with E-state index in [0.29, 0.717) is 0 Å². The molecule has 4 heteroatoms. The zero-order valence-electron chi connectivity index (χ0n) is 5.73. The maximum absolute atomic E-state index is 12.2. The van der Waals surface area contributed by atoms with Crippen molar-refractivity contribution in [2.75, 3.05) is 0 Å². The van der Waals surface area contributed by atoms with E-state index in [9.17, 15) is 13.0 Å². The molecule has 0 aromatic rings. The van der Waals surface area contributed by atoms with Crippen LogP contribution >= 0.6 is 0 Å². The van der Waals surface area contributed by atoms with Gasteiger partial charge in [-0.3, -0.25) is 0 Å². The lowest BCUT2D eigenvalue weighted by Gasteiger charge is -1.91.